The largest absolute Gasteiger partial charge is 0.506 e. The Labute approximate surface area is 218 Å². The first-order valence-corrected chi connectivity index (χ1v) is 11.8. The molecule has 0 aliphatic rings. The summed E-state index contributed by atoms with van der Waals surface area (Å²) in [7, 11) is 4.42. The minimum Gasteiger partial charge on any atom is -0.506 e. The van der Waals surface area contributed by atoms with E-state index in [9.17, 15) is 14.7 Å². The first kappa shape index (κ1) is 24.7. The van der Waals surface area contributed by atoms with Crippen molar-refractivity contribution in [2.75, 3.05) is 21.3 Å². The van der Waals surface area contributed by atoms with Gasteiger partial charge >= 0.3 is 11.6 Å². The van der Waals surface area contributed by atoms with Gasteiger partial charge in [0.15, 0.2) is 0 Å². The highest BCUT2D eigenvalue weighted by Gasteiger charge is 2.32. The number of nitrogens with zero attached hydrogens (tertiary/aromatic N) is 1. The Morgan fingerprint density at radius 3 is 2.05 bits per heavy atom. The summed E-state index contributed by atoms with van der Waals surface area (Å²) in [6.45, 7) is 1.76. The van der Waals surface area contributed by atoms with Crippen LogP contribution >= 0.6 is 0 Å². The maximum absolute atomic E-state index is 13.4. The van der Waals surface area contributed by atoms with Crippen molar-refractivity contribution in [3.8, 4) is 45.3 Å². The van der Waals surface area contributed by atoms with Crippen LogP contribution in [0.5, 0.6) is 17.2 Å². The molecule has 0 radical (unpaired) electrons. The summed E-state index contributed by atoms with van der Waals surface area (Å²) in [5.41, 5.74) is 2.02. The fourth-order valence-electron chi connectivity index (χ4n) is 4.72. The number of hydrogen-bond donors (Lipinski definition) is 1. The molecule has 0 aliphatic carbocycles. The van der Waals surface area contributed by atoms with Crippen LogP contribution in [0.15, 0.2) is 82.0 Å². The molecule has 0 aliphatic heterocycles. The number of carbonyl (C=O) groups is 1. The lowest BCUT2D eigenvalue weighted by molar-refractivity contribution is 0.0601. The van der Waals surface area contributed by atoms with Gasteiger partial charge in [0.05, 0.1) is 38.0 Å². The van der Waals surface area contributed by atoms with Crippen LogP contribution in [0.25, 0.3) is 39.0 Å². The molecule has 0 atom stereocenters. The van der Waals surface area contributed by atoms with Crippen molar-refractivity contribution < 1.29 is 28.5 Å². The molecular formula is C30H25NO7. The maximum atomic E-state index is 13.4. The molecule has 0 bridgehead atoms. The first-order valence-electron chi connectivity index (χ1n) is 11.8. The minimum absolute atomic E-state index is 0.131. The van der Waals surface area contributed by atoms with E-state index in [1.165, 1.54) is 7.11 Å². The van der Waals surface area contributed by atoms with Crippen molar-refractivity contribution in [3.05, 3.63) is 94.5 Å². The zero-order valence-corrected chi connectivity index (χ0v) is 21.3. The summed E-state index contributed by atoms with van der Waals surface area (Å²) < 4.78 is 23.2. The molecule has 0 unspecified atom stereocenters. The highest BCUT2D eigenvalue weighted by atomic mass is 16.5. The average molecular weight is 512 g/mol. The van der Waals surface area contributed by atoms with Crippen molar-refractivity contribution in [3.63, 3.8) is 0 Å². The van der Waals surface area contributed by atoms with E-state index in [1.807, 2.05) is 28.8 Å². The highest BCUT2D eigenvalue weighted by molar-refractivity contribution is 6.06. The van der Waals surface area contributed by atoms with Crippen molar-refractivity contribution in [1.82, 2.24) is 4.57 Å². The second-order valence-corrected chi connectivity index (χ2v) is 8.55. The third-order valence-electron chi connectivity index (χ3n) is 6.53. The van der Waals surface area contributed by atoms with E-state index in [0.717, 1.165) is 0 Å². The number of hydrogen-bond acceptors (Lipinski definition) is 7. The second kappa shape index (κ2) is 9.82. The van der Waals surface area contributed by atoms with Crippen LogP contribution < -0.4 is 15.1 Å². The number of aromatic nitrogens is 1. The van der Waals surface area contributed by atoms with Crippen molar-refractivity contribution in [2.45, 2.75) is 6.92 Å². The molecule has 38 heavy (non-hydrogen) atoms. The van der Waals surface area contributed by atoms with Gasteiger partial charge in [0.2, 0.25) is 0 Å². The predicted octanol–water partition coefficient (Wildman–Crippen LogP) is 5.74. The van der Waals surface area contributed by atoms with Crippen molar-refractivity contribution in [2.24, 2.45) is 0 Å². The SMILES string of the molecule is COC(=O)c1c(-c2c(O)c3ccccc3oc2=O)c(-c2ccc(OC)cc2)n(-c2ccc(OC)cc2)c1C. The van der Waals surface area contributed by atoms with Gasteiger partial charge in [0, 0.05) is 16.9 Å². The number of carbonyl (C=O) groups excluding carboxylic acids is 1. The molecule has 192 valence electrons. The van der Waals surface area contributed by atoms with E-state index in [-0.39, 0.29) is 28.0 Å². The van der Waals surface area contributed by atoms with E-state index in [1.54, 1.807) is 69.7 Å². The van der Waals surface area contributed by atoms with Crippen LogP contribution in [0.1, 0.15) is 16.1 Å². The number of aromatic hydroxyl groups is 1. The van der Waals surface area contributed by atoms with Gasteiger partial charge in [0.1, 0.15) is 28.4 Å². The van der Waals surface area contributed by atoms with Crippen LogP contribution in [0.3, 0.4) is 0 Å². The molecule has 2 heterocycles. The molecule has 5 aromatic rings. The fourth-order valence-corrected chi connectivity index (χ4v) is 4.72. The molecule has 2 aromatic heterocycles. The van der Waals surface area contributed by atoms with Crippen LogP contribution in [0.4, 0.5) is 0 Å². The lowest BCUT2D eigenvalue weighted by atomic mass is 9.96. The summed E-state index contributed by atoms with van der Waals surface area (Å²) >= 11 is 0. The van der Waals surface area contributed by atoms with Crippen LogP contribution in [0.2, 0.25) is 0 Å². The normalized spacial score (nSPS) is 10.9. The van der Waals surface area contributed by atoms with E-state index >= 15 is 0 Å². The predicted molar refractivity (Wildman–Crippen MR) is 144 cm³/mol. The molecule has 0 spiro atoms. The molecule has 5 rings (SSSR count). The number of benzene rings is 3. The molecule has 8 nitrogen and oxygen atoms in total. The van der Waals surface area contributed by atoms with E-state index in [0.29, 0.717) is 39.5 Å². The summed E-state index contributed by atoms with van der Waals surface area (Å²) in [6, 6.07) is 21.1. The Bertz CT molecular complexity index is 1710. The maximum Gasteiger partial charge on any atom is 0.348 e. The van der Waals surface area contributed by atoms with Gasteiger partial charge < -0.3 is 28.3 Å². The third kappa shape index (κ3) is 3.96. The number of esters is 1. The highest BCUT2D eigenvalue weighted by Crippen LogP contribution is 2.45. The Morgan fingerprint density at radius 1 is 0.842 bits per heavy atom. The first-order chi connectivity index (χ1) is 18.4. The minimum atomic E-state index is -0.784. The molecule has 0 saturated carbocycles. The zero-order chi connectivity index (χ0) is 27.0. The fraction of sp³-hybridized carbons (Fsp3) is 0.133. The summed E-state index contributed by atoms with van der Waals surface area (Å²) in [5.74, 6) is 0.344. The summed E-state index contributed by atoms with van der Waals surface area (Å²) in [4.78, 5) is 26.7. The van der Waals surface area contributed by atoms with Crippen molar-refractivity contribution >= 4 is 16.9 Å². The molecule has 0 saturated heterocycles. The van der Waals surface area contributed by atoms with Crippen molar-refractivity contribution in [1.29, 1.82) is 0 Å². The molecule has 0 amide bonds. The number of ether oxygens (including phenoxy) is 3. The molecule has 3 aromatic carbocycles. The quantitative estimate of drug-likeness (QED) is 0.229. The standard InChI is InChI=1S/C30H25NO7/c1-17-24(29(33)37-4)25(26-28(32)22-7-5-6-8-23(22)38-30(26)34)27(18-9-13-20(35-2)14-10-18)31(17)19-11-15-21(36-3)16-12-19/h5-16,32H,1-4H3. The van der Waals surface area contributed by atoms with Gasteiger partial charge in [-0.15, -0.1) is 0 Å². The lowest BCUT2D eigenvalue weighted by Gasteiger charge is -2.15. The van der Waals surface area contributed by atoms with Crippen LogP contribution in [-0.4, -0.2) is 37.0 Å². The third-order valence-corrected chi connectivity index (χ3v) is 6.53. The van der Waals surface area contributed by atoms with Gasteiger partial charge in [-0.1, -0.05) is 12.1 Å². The van der Waals surface area contributed by atoms with E-state index in [2.05, 4.69) is 0 Å². The molecular weight excluding hydrogens is 486 g/mol. The van der Waals surface area contributed by atoms with Crippen LogP contribution in [0, 0.1) is 6.92 Å². The smallest absolute Gasteiger partial charge is 0.348 e. The molecule has 0 fully saturated rings. The topological polar surface area (TPSA) is 100 Å². The summed E-state index contributed by atoms with van der Waals surface area (Å²) in [6.07, 6.45) is 0. The monoisotopic (exact) mass is 511 g/mol. The van der Waals surface area contributed by atoms with Gasteiger partial charge in [-0.05, 0) is 73.2 Å². The summed E-state index contributed by atoms with van der Waals surface area (Å²) in [5, 5.41) is 11.7. The number of methoxy groups -OCH3 is 3. The lowest BCUT2D eigenvalue weighted by Crippen LogP contribution is -2.09. The van der Waals surface area contributed by atoms with Crippen LogP contribution in [-0.2, 0) is 4.74 Å². The number of fused-ring (bicyclic) bond motifs is 1. The Kier molecular flexibility index (Phi) is 6.38. The Hall–Kier alpha value is -4.98. The number of para-hydroxylation sites is 1. The van der Waals surface area contributed by atoms with Gasteiger partial charge in [0.25, 0.3) is 0 Å². The average Bonchev–Trinajstić information content (AvgIpc) is 3.24. The second-order valence-electron chi connectivity index (χ2n) is 8.55. The Balaban J connectivity index is 1.96. The number of rotatable bonds is 6. The van der Waals surface area contributed by atoms with Gasteiger partial charge in [-0.3, -0.25) is 0 Å². The van der Waals surface area contributed by atoms with Gasteiger partial charge in [-0.2, -0.15) is 0 Å². The Morgan fingerprint density at radius 2 is 1.45 bits per heavy atom. The molecule has 8 heteroatoms. The van der Waals surface area contributed by atoms with E-state index < -0.39 is 11.6 Å². The van der Waals surface area contributed by atoms with E-state index in [4.69, 9.17) is 18.6 Å². The zero-order valence-electron chi connectivity index (χ0n) is 21.3. The molecule has 1 N–H and O–H groups in total. The van der Waals surface area contributed by atoms with Gasteiger partial charge in [-0.25, -0.2) is 9.59 Å².